The Morgan fingerprint density at radius 2 is 1.71 bits per heavy atom. The molecule has 1 fully saturated rings. The first-order valence-corrected chi connectivity index (χ1v) is 12.8. The molecule has 9 heteroatoms. The molecule has 0 unspecified atom stereocenters. The topological polar surface area (TPSA) is 36.4 Å². The predicted octanol–water partition coefficient (Wildman–Crippen LogP) is 6.29. The third-order valence-corrected chi connectivity index (χ3v) is 8.01. The van der Waals surface area contributed by atoms with Crippen molar-refractivity contribution in [2.45, 2.75) is 16.5 Å². The predicted molar refractivity (Wildman–Crippen MR) is 132 cm³/mol. The Hall–Kier alpha value is -1.44. The van der Waals surface area contributed by atoms with Crippen LogP contribution in [0.15, 0.2) is 52.2 Å². The summed E-state index contributed by atoms with van der Waals surface area (Å²) in [6, 6.07) is 13.3. The van der Waals surface area contributed by atoms with E-state index in [2.05, 4.69) is 9.88 Å². The SMILES string of the molecule is O=C(Cc1csc(SCc2ccc(Cl)cc2Cl)n1)N1CCN(c2ccc(Cl)cc2)CC1. The molecule has 1 aromatic heterocycles. The monoisotopic (exact) mass is 511 g/mol. The molecule has 0 saturated carbocycles. The number of rotatable bonds is 6. The number of thiazole rings is 1. The highest BCUT2D eigenvalue weighted by atomic mass is 35.5. The van der Waals surface area contributed by atoms with Crippen LogP contribution in [0.1, 0.15) is 11.3 Å². The molecule has 1 saturated heterocycles. The van der Waals surface area contributed by atoms with Crippen molar-refractivity contribution in [3.8, 4) is 0 Å². The van der Waals surface area contributed by atoms with Crippen molar-refractivity contribution in [1.82, 2.24) is 9.88 Å². The van der Waals surface area contributed by atoms with Crippen LogP contribution in [0.4, 0.5) is 5.69 Å². The maximum Gasteiger partial charge on any atom is 0.228 e. The van der Waals surface area contributed by atoms with Gasteiger partial charge in [-0.05, 0) is 42.0 Å². The summed E-state index contributed by atoms with van der Waals surface area (Å²) >= 11 is 21.3. The number of halogens is 3. The van der Waals surface area contributed by atoms with Crippen LogP contribution in [-0.2, 0) is 17.0 Å². The molecule has 2 heterocycles. The number of nitrogens with zero attached hydrogens (tertiary/aromatic N) is 3. The summed E-state index contributed by atoms with van der Waals surface area (Å²) in [5.74, 6) is 0.835. The molecule has 4 nitrogen and oxygen atoms in total. The molecule has 31 heavy (non-hydrogen) atoms. The summed E-state index contributed by atoms with van der Waals surface area (Å²) in [5.41, 5.74) is 2.97. The average Bonchev–Trinajstić information content (AvgIpc) is 3.21. The summed E-state index contributed by atoms with van der Waals surface area (Å²) in [6.45, 7) is 3.05. The van der Waals surface area contributed by atoms with Gasteiger partial charge >= 0.3 is 0 Å². The second-order valence-corrected chi connectivity index (χ2v) is 10.5. The fourth-order valence-electron chi connectivity index (χ4n) is 3.35. The number of carbonyl (C=O) groups is 1. The van der Waals surface area contributed by atoms with Gasteiger partial charge < -0.3 is 9.80 Å². The van der Waals surface area contributed by atoms with E-state index in [0.29, 0.717) is 35.3 Å². The molecule has 4 rings (SSSR count). The van der Waals surface area contributed by atoms with Crippen LogP contribution in [0.25, 0.3) is 0 Å². The lowest BCUT2D eigenvalue weighted by Gasteiger charge is -2.36. The average molecular weight is 513 g/mol. The molecule has 1 aliphatic heterocycles. The molecule has 162 valence electrons. The van der Waals surface area contributed by atoms with Gasteiger partial charge in [0.2, 0.25) is 5.91 Å². The van der Waals surface area contributed by atoms with E-state index < -0.39 is 0 Å². The van der Waals surface area contributed by atoms with E-state index in [-0.39, 0.29) is 5.91 Å². The summed E-state index contributed by atoms with van der Waals surface area (Å²) in [4.78, 5) is 21.6. The van der Waals surface area contributed by atoms with Crippen LogP contribution in [0.2, 0.25) is 15.1 Å². The van der Waals surface area contributed by atoms with Crippen molar-refractivity contribution >= 4 is 69.5 Å². The van der Waals surface area contributed by atoms with Crippen molar-refractivity contribution in [3.63, 3.8) is 0 Å². The largest absolute Gasteiger partial charge is 0.368 e. The number of hydrogen-bond donors (Lipinski definition) is 0. The van der Waals surface area contributed by atoms with E-state index in [9.17, 15) is 4.79 Å². The summed E-state index contributed by atoms with van der Waals surface area (Å²) in [7, 11) is 0. The summed E-state index contributed by atoms with van der Waals surface area (Å²) in [5, 5.41) is 3.98. The van der Waals surface area contributed by atoms with Gasteiger partial charge in [-0.3, -0.25) is 4.79 Å². The first-order chi connectivity index (χ1) is 15.0. The number of anilines is 1. The minimum Gasteiger partial charge on any atom is -0.368 e. The normalized spacial score (nSPS) is 14.2. The van der Waals surface area contributed by atoms with Gasteiger partial charge in [0.15, 0.2) is 0 Å². The van der Waals surface area contributed by atoms with E-state index in [1.807, 2.05) is 46.7 Å². The van der Waals surface area contributed by atoms with Gasteiger partial charge in [-0.15, -0.1) is 11.3 Å². The molecule has 0 spiro atoms. The number of amides is 1. The Labute approximate surface area is 205 Å². The fourth-order valence-corrected chi connectivity index (χ4v) is 5.88. The Kier molecular flexibility index (Phi) is 7.67. The zero-order valence-electron chi connectivity index (χ0n) is 16.6. The van der Waals surface area contributed by atoms with E-state index in [1.54, 1.807) is 29.2 Å². The number of benzene rings is 2. The van der Waals surface area contributed by atoms with Crippen LogP contribution in [0, 0.1) is 0 Å². The Bertz CT molecular complexity index is 1050. The second kappa shape index (κ2) is 10.5. The van der Waals surface area contributed by atoms with Crippen molar-refractivity contribution in [3.05, 3.63) is 74.2 Å². The lowest BCUT2D eigenvalue weighted by molar-refractivity contribution is -0.130. The maximum atomic E-state index is 12.7. The van der Waals surface area contributed by atoms with Gasteiger partial charge in [0, 0.05) is 58.1 Å². The highest BCUT2D eigenvalue weighted by Crippen LogP contribution is 2.30. The van der Waals surface area contributed by atoms with Gasteiger partial charge in [-0.2, -0.15) is 0 Å². The van der Waals surface area contributed by atoms with Gasteiger partial charge in [-0.1, -0.05) is 52.6 Å². The molecule has 3 aromatic rings. The number of carbonyl (C=O) groups excluding carboxylic acids is 1. The van der Waals surface area contributed by atoms with Crippen LogP contribution in [0.3, 0.4) is 0 Å². The molecule has 1 aliphatic rings. The third kappa shape index (κ3) is 6.08. The molecule has 0 N–H and O–H groups in total. The van der Waals surface area contributed by atoms with Crippen molar-refractivity contribution in [1.29, 1.82) is 0 Å². The standard InChI is InChI=1S/C22H20Cl3N3OS2/c23-16-3-5-19(6-4-16)27-7-9-28(10-8-27)21(29)12-18-14-31-22(26-18)30-13-15-1-2-17(24)11-20(15)25/h1-6,11,14H,7-10,12-13H2. The lowest BCUT2D eigenvalue weighted by atomic mass is 10.2. The lowest BCUT2D eigenvalue weighted by Crippen LogP contribution is -2.49. The molecule has 2 aromatic carbocycles. The van der Waals surface area contributed by atoms with Gasteiger partial charge in [0.25, 0.3) is 0 Å². The highest BCUT2D eigenvalue weighted by Gasteiger charge is 2.22. The van der Waals surface area contributed by atoms with Crippen LogP contribution in [0.5, 0.6) is 0 Å². The van der Waals surface area contributed by atoms with Crippen LogP contribution >= 0.6 is 57.9 Å². The Balaban J connectivity index is 1.26. The fraction of sp³-hybridized carbons (Fsp3) is 0.273. The Morgan fingerprint density at radius 1 is 1.00 bits per heavy atom. The van der Waals surface area contributed by atoms with Crippen molar-refractivity contribution in [2.24, 2.45) is 0 Å². The molecule has 0 aliphatic carbocycles. The zero-order chi connectivity index (χ0) is 21.8. The number of aromatic nitrogens is 1. The van der Waals surface area contributed by atoms with Gasteiger partial charge in [-0.25, -0.2) is 4.98 Å². The third-order valence-electron chi connectivity index (χ3n) is 5.05. The first kappa shape index (κ1) is 22.7. The van der Waals surface area contributed by atoms with Gasteiger partial charge in [0.05, 0.1) is 12.1 Å². The van der Waals surface area contributed by atoms with E-state index in [1.165, 1.54) is 0 Å². The highest BCUT2D eigenvalue weighted by molar-refractivity contribution is 8.00. The van der Waals surface area contributed by atoms with E-state index in [0.717, 1.165) is 39.4 Å². The second-order valence-electron chi connectivity index (χ2n) is 7.15. The number of thioether (sulfide) groups is 1. The minimum absolute atomic E-state index is 0.123. The molecular weight excluding hydrogens is 493 g/mol. The molecule has 1 amide bonds. The minimum atomic E-state index is 0.123. The smallest absolute Gasteiger partial charge is 0.228 e. The van der Waals surface area contributed by atoms with Crippen molar-refractivity contribution in [2.75, 3.05) is 31.1 Å². The number of hydrogen-bond acceptors (Lipinski definition) is 5. The van der Waals surface area contributed by atoms with Crippen LogP contribution < -0.4 is 4.90 Å². The molecule has 0 atom stereocenters. The van der Waals surface area contributed by atoms with E-state index in [4.69, 9.17) is 34.8 Å². The Morgan fingerprint density at radius 3 is 2.42 bits per heavy atom. The van der Waals surface area contributed by atoms with E-state index >= 15 is 0 Å². The maximum absolute atomic E-state index is 12.7. The summed E-state index contributed by atoms with van der Waals surface area (Å²) in [6.07, 6.45) is 0.333. The quantitative estimate of drug-likeness (QED) is 0.364. The summed E-state index contributed by atoms with van der Waals surface area (Å²) < 4.78 is 0.932. The van der Waals surface area contributed by atoms with Crippen molar-refractivity contribution < 1.29 is 4.79 Å². The molecular formula is C22H20Cl3N3OS2. The first-order valence-electron chi connectivity index (χ1n) is 9.77. The van der Waals surface area contributed by atoms with Crippen LogP contribution in [-0.4, -0.2) is 42.0 Å². The number of piperazine rings is 1. The molecule has 0 radical (unpaired) electrons. The zero-order valence-corrected chi connectivity index (χ0v) is 20.5. The van der Waals surface area contributed by atoms with Gasteiger partial charge in [0.1, 0.15) is 4.34 Å². The molecule has 0 bridgehead atoms.